The number of hydrogen-bond donors (Lipinski definition) is 0. The fourth-order valence-corrected chi connectivity index (χ4v) is 3.78. The summed E-state index contributed by atoms with van der Waals surface area (Å²) in [6.45, 7) is 2.58. The Labute approximate surface area is 173 Å². The van der Waals surface area contributed by atoms with E-state index in [2.05, 4.69) is 36.2 Å². The van der Waals surface area contributed by atoms with Gasteiger partial charge >= 0.3 is 6.03 Å². The van der Waals surface area contributed by atoms with E-state index in [-0.39, 0.29) is 11.8 Å². The van der Waals surface area contributed by atoms with Crippen LogP contribution in [-0.2, 0) is 13.0 Å². The van der Waals surface area contributed by atoms with Gasteiger partial charge in [-0.05, 0) is 62.2 Å². The van der Waals surface area contributed by atoms with Crippen LogP contribution in [0.2, 0.25) is 0 Å². The van der Waals surface area contributed by atoms with Crippen LogP contribution >= 0.6 is 0 Å². The second-order valence-electron chi connectivity index (χ2n) is 7.96. The summed E-state index contributed by atoms with van der Waals surface area (Å²) in [5, 5.41) is 0. The molecule has 0 saturated carbocycles. The van der Waals surface area contributed by atoms with Gasteiger partial charge in [0.05, 0.1) is 5.69 Å². The molecule has 0 aromatic heterocycles. The zero-order chi connectivity index (χ0) is 20.8. The molecule has 1 aliphatic rings. The molecule has 0 saturated heterocycles. The van der Waals surface area contributed by atoms with Crippen molar-refractivity contribution in [2.24, 2.45) is 0 Å². The van der Waals surface area contributed by atoms with Gasteiger partial charge in [-0.2, -0.15) is 0 Å². The van der Waals surface area contributed by atoms with Gasteiger partial charge in [0.1, 0.15) is 0 Å². The average Bonchev–Trinajstić information content (AvgIpc) is 2.74. The molecule has 154 valence electrons. The van der Waals surface area contributed by atoms with E-state index in [0.29, 0.717) is 13.0 Å². The molecule has 0 fully saturated rings. The van der Waals surface area contributed by atoms with E-state index in [1.807, 2.05) is 24.3 Å². The summed E-state index contributed by atoms with van der Waals surface area (Å²) in [5.41, 5.74) is 4.03. The Balaban J connectivity index is 1.43. The maximum Gasteiger partial charge on any atom is 0.324 e. The number of Topliss-reactive ketones (excluding diaryl/α,β-unsaturated/α-hetero) is 1. The summed E-state index contributed by atoms with van der Waals surface area (Å²) < 4.78 is 0. The van der Waals surface area contributed by atoms with Crippen LogP contribution in [0, 0.1) is 0 Å². The lowest BCUT2D eigenvalue weighted by molar-refractivity contribution is 0.0978. The zero-order valence-electron chi connectivity index (χ0n) is 17.7. The molecule has 0 unspecified atom stereocenters. The van der Waals surface area contributed by atoms with E-state index in [1.54, 1.807) is 23.9 Å². The summed E-state index contributed by atoms with van der Waals surface area (Å²) in [7, 11) is 5.69. The van der Waals surface area contributed by atoms with Gasteiger partial charge in [0.25, 0.3) is 0 Å². The predicted molar refractivity (Wildman–Crippen MR) is 118 cm³/mol. The first-order chi connectivity index (χ1) is 14.0. The number of ketones is 1. The Morgan fingerprint density at radius 3 is 2.55 bits per heavy atom. The minimum atomic E-state index is -0.0204. The molecule has 0 spiro atoms. The molecule has 2 amide bonds. The summed E-state index contributed by atoms with van der Waals surface area (Å²) >= 11 is 0. The van der Waals surface area contributed by atoms with Gasteiger partial charge in [-0.1, -0.05) is 30.3 Å². The molecule has 0 aliphatic carbocycles. The van der Waals surface area contributed by atoms with E-state index < -0.39 is 0 Å². The highest BCUT2D eigenvalue weighted by Gasteiger charge is 2.25. The number of unbranched alkanes of at least 4 members (excludes halogenated alkanes) is 1. The van der Waals surface area contributed by atoms with Gasteiger partial charge in [-0.3, -0.25) is 9.69 Å². The normalized spacial score (nSPS) is 13.7. The van der Waals surface area contributed by atoms with Crippen molar-refractivity contribution in [1.29, 1.82) is 0 Å². The lowest BCUT2D eigenvalue weighted by Gasteiger charge is -2.32. The van der Waals surface area contributed by atoms with Gasteiger partial charge < -0.3 is 9.80 Å². The molecule has 3 rings (SSSR count). The Morgan fingerprint density at radius 2 is 1.79 bits per heavy atom. The number of carbonyl (C=O) groups excluding carboxylic acids is 2. The molecule has 29 heavy (non-hydrogen) atoms. The number of urea groups is 1. The first-order valence-electron chi connectivity index (χ1n) is 10.3. The lowest BCUT2D eigenvalue weighted by Crippen LogP contribution is -2.42. The number of amides is 2. The average molecular weight is 394 g/mol. The third-order valence-corrected chi connectivity index (χ3v) is 5.60. The van der Waals surface area contributed by atoms with E-state index >= 15 is 0 Å². The number of fused-ring (bicyclic) bond motifs is 1. The van der Waals surface area contributed by atoms with Gasteiger partial charge in [0, 0.05) is 39.2 Å². The molecule has 0 bridgehead atoms. The summed E-state index contributed by atoms with van der Waals surface area (Å²) in [6.07, 6.45) is 3.53. The van der Waals surface area contributed by atoms with Gasteiger partial charge in [-0.15, -0.1) is 0 Å². The highest BCUT2D eigenvalue weighted by molar-refractivity contribution is 5.99. The number of benzene rings is 2. The smallest absolute Gasteiger partial charge is 0.323 e. The van der Waals surface area contributed by atoms with Crippen LogP contribution in [-0.4, -0.2) is 55.8 Å². The van der Waals surface area contributed by atoms with Gasteiger partial charge in [0.2, 0.25) is 0 Å². The molecule has 2 aromatic carbocycles. The van der Waals surface area contributed by atoms with Crippen molar-refractivity contribution in [2.75, 3.05) is 39.1 Å². The number of rotatable bonds is 9. The molecule has 5 nitrogen and oxygen atoms in total. The molecule has 0 N–H and O–H groups in total. The summed E-state index contributed by atoms with van der Waals surface area (Å²) in [4.78, 5) is 30.3. The Bertz CT molecular complexity index is 850. The van der Waals surface area contributed by atoms with Crippen LogP contribution in [0.4, 0.5) is 10.5 Å². The summed E-state index contributed by atoms with van der Waals surface area (Å²) in [5.74, 6) is 0.182. The van der Waals surface area contributed by atoms with Crippen molar-refractivity contribution in [2.45, 2.75) is 32.2 Å². The maximum absolute atomic E-state index is 12.6. The lowest BCUT2D eigenvalue weighted by atomic mass is 10.00. The van der Waals surface area contributed by atoms with Crippen molar-refractivity contribution in [3.8, 4) is 0 Å². The fourth-order valence-electron chi connectivity index (χ4n) is 3.78. The molecule has 0 radical (unpaired) electrons. The van der Waals surface area contributed by atoms with Crippen LogP contribution in [0.5, 0.6) is 0 Å². The standard InChI is InChI=1S/C24H31N3O2/c1-25(16-14-19-9-5-4-6-10-19)15-8-7-11-23(28)20-12-13-22-21(17-20)18-26(2)24(29)27(22)3/h4-6,9-10,12-13,17H,7-8,11,14-16,18H2,1-3H3. The van der Waals surface area contributed by atoms with E-state index in [0.717, 1.165) is 49.2 Å². The Morgan fingerprint density at radius 1 is 1.03 bits per heavy atom. The maximum atomic E-state index is 12.6. The third kappa shape index (κ3) is 5.45. The molecule has 2 aromatic rings. The highest BCUT2D eigenvalue weighted by Crippen LogP contribution is 2.28. The molecule has 5 heteroatoms. The number of carbonyl (C=O) groups is 2. The van der Waals surface area contributed by atoms with Crippen LogP contribution in [0.15, 0.2) is 48.5 Å². The molecule has 0 atom stereocenters. The van der Waals surface area contributed by atoms with Crippen molar-refractivity contribution < 1.29 is 9.59 Å². The Kier molecular flexibility index (Phi) is 7.04. The van der Waals surface area contributed by atoms with Crippen molar-refractivity contribution >= 4 is 17.5 Å². The van der Waals surface area contributed by atoms with E-state index in [4.69, 9.17) is 0 Å². The van der Waals surface area contributed by atoms with Crippen LogP contribution in [0.25, 0.3) is 0 Å². The third-order valence-electron chi connectivity index (χ3n) is 5.60. The second kappa shape index (κ2) is 9.70. The highest BCUT2D eigenvalue weighted by atomic mass is 16.2. The van der Waals surface area contributed by atoms with Crippen molar-refractivity contribution in [3.05, 3.63) is 65.2 Å². The topological polar surface area (TPSA) is 43.9 Å². The summed E-state index contributed by atoms with van der Waals surface area (Å²) in [6, 6.07) is 16.2. The number of anilines is 1. The van der Waals surface area contributed by atoms with Gasteiger partial charge in [0.15, 0.2) is 5.78 Å². The Hall–Kier alpha value is -2.66. The molecular weight excluding hydrogens is 362 g/mol. The zero-order valence-corrected chi connectivity index (χ0v) is 17.7. The van der Waals surface area contributed by atoms with Gasteiger partial charge in [-0.25, -0.2) is 4.79 Å². The second-order valence-corrected chi connectivity index (χ2v) is 7.96. The van der Waals surface area contributed by atoms with Crippen LogP contribution in [0.3, 0.4) is 0 Å². The SMILES string of the molecule is CN(CCCCC(=O)c1ccc2c(c1)CN(C)C(=O)N2C)CCc1ccccc1. The molecular formula is C24H31N3O2. The number of nitrogens with zero attached hydrogens (tertiary/aromatic N) is 3. The first kappa shape index (κ1) is 21.1. The van der Waals surface area contributed by atoms with Crippen LogP contribution < -0.4 is 4.90 Å². The number of likely N-dealkylation sites (N-methyl/N-ethyl adjacent to an activating group) is 1. The van der Waals surface area contributed by atoms with Crippen LogP contribution in [0.1, 0.15) is 40.7 Å². The quantitative estimate of drug-likeness (QED) is 0.473. The van der Waals surface area contributed by atoms with Crippen molar-refractivity contribution in [1.82, 2.24) is 9.80 Å². The first-order valence-corrected chi connectivity index (χ1v) is 10.3. The number of hydrogen-bond acceptors (Lipinski definition) is 3. The molecule has 1 heterocycles. The fraction of sp³-hybridized carbons (Fsp3) is 0.417. The van der Waals surface area contributed by atoms with E-state index in [9.17, 15) is 9.59 Å². The molecule has 1 aliphatic heterocycles. The minimum Gasteiger partial charge on any atom is -0.323 e. The minimum absolute atomic E-state index is 0.0204. The van der Waals surface area contributed by atoms with Crippen molar-refractivity contribution in [3.63, 3.8) is 0 Å². The largest absolute Gasteiger partial charge is 0.324 e. The predicted octanol–water partition coefficient (Wildman–Crippen LogP) is 4.22. The van der Waals surface area contributed by atoms with E-state index in [1.165, 1.54) is 5.56 Å². The monoisotopic (exact) mass is 393 g/mol.